The lowest BCUT2D eigenvalue weighted by atomic mass is 10.0. The molecule has 1 atom stereocenters. The van der Waals surface area contributed by atoms with E-state index in [2.05, 4.69) is 0 Å². The Bertz CT molecular complexity index is 360. The zero-order valence-electron chi connectivity index (χ0n) is 8.03. The summed E-state index contributed by atoms with van der Waals surface area (Å²) in [6.07, 6.45) is 0.339. The summed E-state index contributed by atoms with van der Waals surface area (Å²) in [4.78, 5) is 11.5. The quantitative estimate of drug-likeness (QED) is 0.730. The number of Topliss-reactive ketones (excluding diaryl/α,β-unsaturated/α-hetero) is 1. The predicted molar refractivity (Wildman–Crippen MR) is 53.8 cm³/mol. The van der Waals surface area contributed by atoms with Crippen molar-refractivity contribution >= 4 is 5.78 Å². The van der Waals surface area contributed by atoms with Crippen molar-refractivity contribution in [3.05, 3.63) is 35.4 Å². The first-order valence-electron chi connectivity index (χ1n) is 4.42. The average Bonchev–Trinajstić information content (AvgIpc) is 2.17. The molecule has 1 rings (SSSR count). The fourth-order valence-corrected chi connectivity index (χ4v) is 1.14. The predicted octanol–water partition coefficient (Wildman–Crippen LogP) is 1.48. The fraction of sp³-hybridized carbons (Fsp3) is 0.273. The van der Waals surface area contributed by atoms with Crippen LogP contribution in [-0.2, 0) is 0 Å². The molecule has 3 nitrogen and oxygen atoms in total. The van der Waals surface area contributed by atoms with Gasteiger partial charge in [-0.15, -0.1) is 0 Å². The summed E-state index contributed by atoms with van der Waals surface area (Å²) in [6, 6.07) is 8.45. The first kappa shape index (κ1) is 10.4. The minimum atomic E-state index is -0.127. The van der Waals surface area contributed by atoms with E-state index in [0.717, 1.165) is 0 Å². The minimum absolute atomic E-state index is 0.0180. The second-order valence-electron chi connectivity index (χ2n) is 3.29. The Morgan fingerprint density at radius 2 is 2.07 bits per heavy atom. The monoisotopic (exact) mass is 188 g/mol. The zero-order valence-corrected chi connectivity index (χ0v) is 8.03. The van der Waals surface area contributed by atoms with Crippen LogP contribution in [0, 0.1) is 11.3 Å². The maximum Gasteiger partial charge on any atom is 0.164 e. The van der Waals surface area contributed by atoms with Crippen LogP contribution < -0.4 is 5.73 Å². The normalized spacial score (nSPS) is 11.8. The lowest BCUT2D eigenvalue weighted by molar-refractivity contribution is 0.0976. The van der Waals surface area contributed by atoms with Gasteiger partial charge in [0.2, 0.25) is 0 Å². The average molecular weight is 188 g/mol. The molecule has 0 saturated carbocycles. The second-order valence-corrected chi connectivity index (χ2v) is 3.29. The van der Waals surface area contributed by atoms with Crippen molar-refractivity contribution in [2.24, 2.45) is 5.73 Å². The first-order valence-corrected chi connectivity index (χ1v) is 4.42. The molecular weight excluding hydrogens is 176 g/mol. The summed E-state index contributed by atoms with van der Waals surface area (Å²) in [5.41, 5.74) is 6.68. The van der Waals surface area contributed by atoms with Crippen LogP contribution in [0.4, 0.5) is 0 Å². The number of nitrogens with two attached hydrogens (primary N) is 1. The van der Waals surface area contributed by atoms with Gasteiger partial charge in [-0.1, -0.05) is 12.1 Å². The summed E-state index contributed by atoms with van der Waals surface area (Å²) < 4.78 is 0. The molecule has 0 aliphatic carbocycles. The van der Waals surface area contributed by atoms with Gasteiger partial charge >= 0.3 is 0 Å². The van der Waals surface area contributed by atoms with Crippen molar-refractivity contribution in [2.45, 2.75) is 19.4 Å². The Balaban J connectivity index is 2.78. The number of carbonyl (C=O) groups is 1. The molecule has 1 aromatic rings. The van der Waals surface area contributed by atoms with E-state index in [4.69, 9.17) is 11.0 Å². The number of rotatable bonds is 3. The highest BCUT2D eigenvalue weighted by Crippen LogP contribution is 2.07. The number of hydrogen-bond acceptors (Lipinski definition) is 3. The van der Waals surface area contributed by atoms with Gasteiger partial charge in [-0.3, -0.25) is 4.79 Å². The van der Waals surface area contributed by atoms with Gasteiger partial charge in [-0.05, 0) is 19.1 Å². The first-order chi connectivity index (χ1) is 6.63. The molecule has 0 aliphatic rings. The highest BCUT2D eigenvalue weighted by atomic mass is 16.1. The maximum absolute atomic E-state index is 11.5. The lowest BCUT2D eigenvalue weighted by Gasteiger charge is -2.03. The van der Waals surface area contributed by atoms with Gasteiger partial charge in [0.1, 0.15) is 0 Å². The van der Waals surface area contributed by atoms with E-state index in [1.54, 1.807) is 31.2 Å². The van der Waals surface area contributed by atoms with Gasteiger partial charge in [-0.2, -0.15) is 5.26 Å². The van der Waals surface area contributed by atoms with Crippen LogP contribution in [0.3, 0.4) is 0 Å². The highest BCUT2D eigenvalue weighted by molar-refractivity contribution is 5.96. The largest absolute Gasteiger partial charge is 0.328 e. The molecule has 1 aromatic carbocycles. The summed E-state index contributed by atoms with van der Waals surface area (Å²) in [6.45, 7) is 1.79. The molecule has 1 unspecified atom stereocenters. The van der Waals surface area contributed by atoms with Crippen molar-refractivity contribution in [1.82, 2.24) is 0 Å². The third kappa shape index (κ3) is 2.68. The SMILES string of the molecule is CC(N)CC(=O)c1ccc(C#N)cc1. The lowest BCUT2D eigenvalue weighted by Crippen LogP contribution is -2.19. The van der Waals surface area contributed by atoms with Gasteiger partial charge in [0.25, 0.3) is 0 Å². The maximum atomic E-state index is 11.5. The van der Waals surface area contributed by atoms with Gasteiger partial charge < -0.3 is 5.73 Å². The number of nitrogens with zero attached hydrogens (tertiary/aromatic N) is 1. The van der Waals surface area contributed by atoms with Crippen molar-refractivity contribution in [2.75, 3.05) is 0 Å². The molecule has 0 aromatic heterocycles. The topological polar surface area (TPSA) is 66.9 Å². The molecule has 0 aliphatic heterocycles. The third-order valence-electron chi connectivity index (χ3n) is 1.84. The van der Waals surface area contributed by atoms with Gasteiger partial charge in [0.15, 0.2) is 5.78 Å². The Morgan fingerprint density at radius 3 is 2.50 bits per heavy atom. The van der Waals surface area contributed by atoms with Gasteiger partial charge in [0.05, 0.1) is 11.6 Å². The molecule has 14 heavy (non-hydrogen) atoms. The molecule has 0 spiro atoms. The molecule has 3 heteroatoms. The van der Waals surface area contributed by atoms with Crippen LogP contribution in [-0.4, -0.2) is 11.8 Å². The Morgan fingerprint density at radius 1 is 1.50 bits per heavy atom. The molecular formula is C11H12N2O. The molecule has 72 valence electrons. The summed E-state index contributed by atoms with van der Waals surface area (Å²) in [5.74, 6) is 0.0180. The molecule has 0 bridgehead atoms. The smallest absolute Gasteiger partial charge is 0.164 e. The van der Waals surface area contributed by atoms with Crippen LogP contribution >= 0.6 is 0 Å². The Kier molecular flexibility index (Phi) is 3.38. The molecule has 0 fully saturated rings. The number of ketones is 1. The zero-order chi connectivity index (χ0) is 10.6. The van der Waals surface area contributed by atoms with Crippen LogP contribution in [0.2, 0.25) is 0 Å². The van der Waals surface area contributed by atoms with E-state index in [-0.39, 0.29) is 11.8 Å². The van der Waals surface area contributed by atoms with E-state index in [1.165, 1.54) is 0 Å². The Hall–Kier alpha value is -1.66. The van der Waals surface area contributed by atoms with Crippen molar-refractivity contribution < 1.29 is 4.79 Å². The summed E-state index contributed by atoms with van der Waals surface area (Å²) in [5, 5.41) is 8.56. The van der Waals surface area contributed by atoms with Crippen molar-refractivity contribution in [1.29, 1.82) is 5.26 Å². The fourth-order valence-electron chi connectivity index (χ4n) is 1.14. The van der Waals surface area contributed by atoms with E-state index in [1.807, 2.05) is 6.07 Å². The number of benzene rings is 1. The van der Waals surface area contributed by atoms with E-state index in [9.17, 15) is 4.79 Å². The standard InChI is InChI=1S/C11H12N2O/c1-8(13)6-11(14)10-4-2-9(7-12)3-5-10/h2-5,8H,6,13H2,1H3. The van der Waals surface area contributed by atoms with Crippen LogP contribution in [0.1, 0.15) is 29.3 Å². The van der Waals surface area contributed by atoms with E-state index >= 15 is 0 Å². The highest BCUT2D eigenvalue weighted by Gasteiger charge is 2.07. The van der Waals surface area contributed by atoms with E-state index in [0.29, 0.717) is 17.5 Å². The Labute approximate surface area is 83.2 Å². The van der Waals surface area contributed by atoms with Gasteiger partial charge in [-0.25, -0.2) is 0 Å². The third-order valence-corrected chi connectivity index (χ3v) is 1.84. The number of nitriles is 1. The summed E-state index contributed by atoms with van der Waals surface area (Å²) in [7, 11) is 0. The molecule has 2 N–H and O–H groups in total. The van der Waals surface area contributed by atoms with E-state index < -0.39 is 0 Å². The molecule has 0 amide bonds. The van der Waals surface area contributed by atoms with Crippen LogP contribution in [0.5, 0.6) is 0 Å². The minimum Gasteiger partial charge on any atom is -0.328 e. The van der Waals surface area contributed by atoms with Crippen molar-refractivity contribution in [3.8, 4) is 6.07 Å². The van der Waals surface area contributed by atoms with Crippen LogP contribution in [0.25, 0.3) is 0 Å². The van der Waals surface area contributed by atoms with Gasteiger partial charge in [0, 0.05) is 18.0 Å². The summed E-state index contributed by atoms with van der Waals surface area (Å²) >= 11 is 0. The van der Waals surface area contributed by atoms with Crippen molar-refractivity contribution in [3.63, 3.8) is 0 Å². The molecule has 0 heterocycles. The molecule has 0 saturated heterocycles. The second kappa shape index (κ2) is 4.54. The number of hydrogen-bond donors (Lipinski definition) is 1. The van der Waals surface area contributed by atoms with Crippen LogP contribution in [0.15, 0.2) is 24.3 Å². The molecule has 0 radical (unpaired) electrons. The number of carbonyl (C=O) groups excluding carboxylic acids is 1.